The van der Waals surface area contributed by atoms with Crippen LogP contribution in [0.3, 0.4) is 0 Å². The van der Waals surface area contributed by atoms with Crippen LogP contribution in [0.4, 0.5) is 5.69 Å². The fraction of sp³-hybridized carbons (Fsp3) is 0.417. The Hall–Kier alpha value is -2.37. The van der Waals surface area contributed by atoms with E-state index in [0.717, 1.165) is 36.8 Å². The summed E-state index contributed by atoms with van der Waals surface area (Å²) in [5.74, 6) is -0.156. The highest BCUT2D eigenvalue weighted by Crippen LogP contribution is 2.42. The van der Waals surface area contributed by atoms with Crippen molar-refractivity contribution in [1.82, 2.24) is 5.32 Å². The van der Waals surface area contributed by atoms with Crippen LogP contribution in [0.5, 0.6) is 0 Å². The summed E-state index contributed by atoms with van der Waals surface area (Å²) in [7, 11) is 0. The lowest BCUT2D eigenvalue weighted by Gasteiger charge is -2.28. The minimum atomic E-state index is -0.651. The summed E-state index contributed by atoms with van der Waals surface area (Å²) in [4.78, 5) is 25.4. The summed E-state index contributed by atoms with van der Waals surface area (Å²) in [6.07, 6.45) is 3.90. The molecule has 0 bridgehead atoms. The minimum Gasteiger partial charge on any atom is -0.394 e. The molecule has 0 saturated heterocycles. The Bertz CT molecular complexity index is 886. The molecule has 30 heavy (non-hydrogen) atoms. The fourth-order valence-electron chi connectivity index (χ4n) is 4.00. The highest BCUT2D eigenvalue weighted by Gasteiger charge is 2.42. The molecule has 0 atom stereocenters. The van der Waals surface area contributed by atoms with E-state index in [1.165, 1.54) is 0 Å². The lowest BCUT2D eigenvalue weighted by Crippen LogP contribution is -2.46. The van der Waals surface area contributed by atoms with E-state index < -0.39 is 11.0 Å². The van der Waals surface area contributed by atoms with E-state index in [1.54, 1.807) is 13.8 Å². The largest absolute Gasteiger partial charge is 0.394 e. The van der Waals surface area contributed by atoms with Crippen molar-refractivity contribution in [3.05, 3.63) is 64.7 Å². The molecule has 2 amide bonds. The first kappa shape index (κ1) is 22.3. The zero-order valence-electron chi connectivity index (χ0n) is 17.5. The smallest absolute Gasteiger partial charge is 0.235 e. The number of carbonyl (C=O) groups is 2. The van der Waals surface area contributed by atoms with Crippen LogP contribution in [-0.2, 0) is 21.4 Å². The van der Waals surface area contributed by atoms with Gasteiger partial charge in [0.25, 0.3) is 0 Å². The first-order valence-electron chi connectivity index (χ1n) is 10.3. The standard InChI is InChI=1S/C24H29ClN2O3/c1-23(2,16-28)27-21(29)15-17-5-11-20(12-6-17)26-22(30)24(13-3-4-14-24)18-7-9-19(25)10-8-18/h5-12,28H,3-4,13-16H2,1-2H3,(H,26,30)(H,27,29). The van der Waals surface area contributed by atoms with E-state index >= 15 is 0 Å². The summed E-state index contributed by atoms with van der Waals surface area (Å²) in [6.45, 7) is 3.41. The maximum atomic E-state index is 13.2. The van der Waals surface area contributed by atoms with Gasteiger partial charge in [0.2, 0.25) is 11.8 Å². The number of anilines is 1. The van der Waals surface area contributed by atoms with Crippen LogP contribution < -0.4 is 10.6 Å². The van der Waals surface area contributed by atoms with Crippen LogP contribution >= 0.6 is 11.6 Å². The molecule has 6 heteroatoms. The van der Waals surface area contributed by atoms with Crippen LogP contribution in [0.1, 0.15) is 50.7 Å². The molecule has 1 fully saturated rings. The zero-order valence-corrected chi connectivity index (χ0v) is 18.3. The average Bonchev–Trinajstić information content (AvgIpc) is 3.21. The van der Waals surface area contributed by atoms with Gasteiger partial charge in [-0.25, -0.2) is 0 Å². The molecule has 0 spiro atoms. The van der Waals surface area contributed by atoms with E-state index in [4.69, 9.17) is 11.6 Å². The molecule has 5 nitrogen and oxygen atoms in total. The molecule has 3 rings (SSSR count). The van der Waals surface area contributed by atoms with Gasteiger partial charge in [-0.1, -0.05) is 48.7 Å². The van der Waals surface area contributed by atoms with Crippen molar-refractivity contribution in [2.75, 3.05) is 11.9 Å². The third-order valence-corrected chi connectivity index (χ3v) is 5.99. The Morgan fingerprint density at radius 3 is 2.20 bits per heavy atom. The number of hydrogen-bond donors (Lipinski definition) is 3. The van der Waals surface area contributed by atoms with Crippen LogP contribution in [0.15, 0.2) is 48.5 Å². The Labute approximate surface area is 182 Å². The molecule has 160 valence electrons. The molecule has 2 aromatic carbocycles. The predicted molar refractivity (Wildman–Crippen MR) is 120 cm³/mol. The Morgan fingerprint density at radius 1 is 1.03 bits per heavy atom. The third kappa shape index (κ3) is 5.21. The highest BCUT2D eigenvalue weighted by atomic mass is 35.5. The van der Waals surface area contributed by atoms with Gasteiger partial charge < -0.3 is 15.7 Å². The molecule has 3 N–H and O–H groups in total. The normalized spacial score (nSPS) is 15.6. The average molecular weight is 429 g/mol. The number of nitrogens with one attached hydrogen (secondary N) is 2. The van der Waals surface area contributed by atoms with Crippen LogP contribution in [0.2, 0.25) is 5.02 Å². The van der Waals surface area contributed by atoms with Crippen molar-refractivity contribution in [2.24, 2.45) is 0 Å². The highest BCUT2D eigenvalue weighted by molar-refractivity contribution is 6.30. The van der Waals surface area contributed by atoms with Gasteiger partial charge >= 0.3 is 0 Å². The molecule has 0 heterocycles. The van der Waals surface area contributed by atoms with Crippen molar-refractivity contribution >= 4 is 29.1 Å². The molecule has 2 aromatic rings. The number of aliphatic hydroxyl groups excluding tert-OH is 1. The number of rotatable bonds is 7. The van der Waals surface area contributed by atoms with Gasteiger partial charge in [-0.05, 0) is 62.1 Å². The van der Waals surface area contributed by atoms with Crippen molar-refractivity contribution in [3.8, 4) is 0 Å². The molecule has 1 aliphatic carbocycles. The number of amides is 2. The van der Waals surface area contributed by atoms with Gasteiger partial charge in [0, 0.05) is 10.7 Å². The molecular weight excluding hydrogens is 400 g/mol. The summed E-state index contributed by atoms with van der Waals surface area (Å²) in [6, 6.07) is 14.9. The Kier molecular flexibility index (Phi) is 6.84. The molecular formula is C24H29ClN2O3. The first-order chi connectivity index (χ1) is 14.2. The SMILES string of the molecule is CC(C)(CO)NC(=O)Cc1ccc(NC(=O)C2(c3ccc(Cl)cc3)CCCC2)cc1. The second-order valence-corrected chi connectivity index (χ2v) is 9.15. The topological polar surface area (TPSA) is 78.4 Å². The number of halogens is 1. The number of carbonyl (C=O) groups excluding carboxylic acids is 2. The monoisotopic (exact) mass is 428 g/mol. The molecule has 1 saturated carbocycles. The van der Waals surface area contributed by atoms with Gasteiger partial charge in [0.1, 0.15) is 0 Å². The van der Waals surface area contributed by atoms with Gasteiger partial charge in [-0.3, -0.25) is 9.59 Å². The van der Waals surface area contributed by atoms with Crippen LogP contribution in [-0.4, -0.2) is 29.1 Å². The van der Waals surface area contributed by atoms with Gasteiger partial charge in [-0.2, -0.15) is 0 Å². The van der Waals surface area contributed by atoms with Crippen LogP contribution in [0, 0.1) is 0 Å². The summed E-state index contributed by atoms with van der Waals surface area (Å²) >= 11 is 6.03. The zero-order chi connectivity index (χ0) is 21.8. The number of hydrogen-bond acceptors (Lipinski definition) is 3. The first-order valence-corrected chi connectivity index (χ1v) is 10.7. The molecule has 1 aliphatic rings. The van der Waals surface area contributed by atoms with Gasteiger partial charge in [0.15, 0.2) is 0 Å². The molecule has 0 aromatic heterocycles. The minimum absolute atomic E-state index is 0.00230. The van der Waals surface area contributed by atoms with E-state index in [-0.39, 0.29) is 24.8 Å². The number of benzene rings is 2. The molecule has 0 unspecified atom stereocenters. The van der Waals surface area contributed by atoms with Crippen LogP contribution in [0.25, 0.3) is 0 Å². The van der Waals surface area contributed by atoms with E-state index in [0.29, 0.717) is 10.7 Å². The van der Waals surface area contributed by atoms with Crippen molar-refractivity contribution < 1.29 is 14.7 Å². The fourth-order valence-corrected chi connectivity index (χ4v) is 4.12. The molecule has 0 radical (unpaired) electrons. The molecule has 0 aliphatic heterocycles. The van der Waals surface area contributed by atoms with Gasteiger partial charge in [0.05, 0.1) is 24.0 Å². The Morgan fingerprint density at radius 2 is 1.63 bits per heavy atom. The number of aliphatic hydroxyl groups is 1. The predicted octanol–water partition coefficient (Wildman–Crippen LogP) is 4.22. The maximum absolute atomic E-state index is 13.2. The van der Waals surface area contributed by atoms with E-state index in [9.17, 15) is 14.7 Å². The summed E-state index contributed by atoms with van der Waals surface area (Å²) in [5.41, 5.74) is 1.37. The second-order valence-electron chi connectivity index (χ2n) is 8.71. The summed E-state index contributed by atoms with van der Waals surface area (Å²) < 4.78 is 0. The maximum Gasteiger partial charge on any atom is 0.235 e. The van der Waals surface area contributed by atoms with Crippen molar-refractivity contribution in [3.63, 3.8) is 0 Å². The van der Waals surface area contributed by atoms with Crippen molar-refractivity contribution in [2.45, 2.75) is 56.9 Å². The van der Waals surface area contributed by atoms with E-state index in [1.807, 2.05) is 48.5 Å². The lowest BCUT2D eigenvalue weighted by atomic mass is 9.78. The van der Waals surface area contributed by atoms with Crippen molar-refractivity contribution in [1.29, 1.82) is 0 Å². The Balaban J connectivity index is 1.67. The summed E-state index contributed by atoms with van der Waals surface area (Å²) in [5, 5.41) is 15.8. The third-order valence-electron chi connectivity index (χ3n) is 5.74. The quantitative estimate of drug-likeness (QED) is 0.617. The second kappa shape index (κ2) is 9.19. The van der Waals surface area contributed by atoms with Gasteiger partial charge in [-0.15, -0.1) is 0 Å². The lowest BCUT2D eigenvalue weighted by molar-refractivity contribution is -0.123. The van der Waals surface area contributed by atoms with E-state index in [2.05, 4.69) is 10.6 Å².